The van der Waals surface area contributed by atoms with E-state index in [0.29, 0.717) is 27.1 Å². The molecule has 3 N–H and O–H groups in total. The third-order valence-electron chi connectivity index (χ3n) is 2.38. The molecule has 0 radical (unpaired) electrons. The first-order chi connectivity index (χ1) is 8.47. The van der Waals surface area contributed by atoms with Crippen molar-refractivity contribution < 1.29 is 4.39 Å². The molecule has 2 aromatic rings. The van der Waals surface area contributed by atoms with Gasteiger partial charge in [-0.3, -0.25) is 0 Å². The van der Waals surface area contributed by atoms with Crippen molar-refractivity contribution in [3.63, 3.8) is 0 Å². The molecule has 0 fully saturated rings. The summed E-state index contributed by atoms with van der Waals surface area (Å²) in [6.45, 7) is 1.67. The number of hydrogen-bond donors (Lipinski definition) is 2. The average Bonchev–Trinajstić information content (AvgIpc) is 2.31. The second kappa shape index (κ2) is 5.00. The topological polar surface area (TPSA) is 50.9 Å². The van der Waals surface area contributed by atoms with E-state index in [4.69, 9.17) is 28.9 Å². The predicted molar refractivity (Wildman–Crippen MR) is 73.1 cm³/mol. The first kappa shape index (κ1) is 12.9. The fourth-order valence-electron chi connectivity index (χ4n) is 1.43. The molecule has 3 nitrogen and oxygen atoms in total. The number of rotatable bonds is 2. The van der Waals surface area contributed by atoms with Gasteiger partial charge >= 0.3 is 0 Å². The van der Waals surface area contributed by atoms with Crippen LogP contribution in [0.25, 0.3) is 0 Å². The van der Waals surface area contributed by atoms with Crippen molar-refractivity contribution in [3.8, 4) is 0 Å². The summed E-state index contributed by atoms with van der Waals surface area (Å²) >= 11 is 11.8. The maximum atomic E-state index is 13.1. The molecule has 0 spiro atoms. The van der Waals surface area contributed by atoms with Crippen molar-refractivity contribution in [2.75, 3.05) is 11.1 Å². The molecule has 0 amide bonds. The van der Waals surface area contributed by atoms with Gasteiger partial charge in [-0.25, -0.2) is 9.37 Å². The Balaban J connectivity index is 2.34. The second-order valence-electron chi connectivity index (χ2n) is 3.77. The molecule has 0 bridgehead atoms. The molecule has 0 atom stereocenters. The Morgan fingerprint density at radius 1 is 1.22 bits per heavy atom. The van der Waals surface area contributed by atoms with E-state index >= 15 is 0 Å². The number of aryl methyl sites for hydroxylation is 1. The number of pyridine rings is 1. The Hall–Kier alpha value is -1.52. The summed E-state index contributed by atoms with van der Waals surface area (Å²) in [6, 6.07) is 6.11. The zero-order chi connectivity index (χ0) is 13.3. The molecule has 0 unspecified atom stereocenters. The highest BCUT2D eigenvalue weighted by atomic mass is 35.5. The SMILES string of the molecule is Cc1cc(Nc2nc(N)c(Cl)cc2Cl)ccc1F. The van der Waals surface area contributed by atoms with Crippen LogP contribution in [0.4, 0.5) is 21.7 Å². The van der Waals surface area contributed by atoms with Crippen LogP contribution in [0.2, 0.25) is 10.0 Å². The minimum absolute atomic E-state index is 0.183. The Labute approximate surface area is 114 Å². The molecule has 94 valence electrons. The van der Waals surface area contributed by atoms with Gasteiger partial charge in [-0.05, 0) is 36.8 Å². The number of aromatic nitrogens is 1. The van der Waals surface area contributed by atoms with Gasteiger partial charge in [0.25, 0.3) is 0 Å². The van der Waals surface area contributed by atoms with Crippen molar-refractivity contribution in [2.24, 2.45) is 0 Å². The zero-order valence-electron chi connectivity index (χ0n) is 9.47. The van der Waals surface area contributed by atoms with Crippen LogP contribution in [0, 0.1) is 12.7 Å². The zero-order valence-corrected chi connectivity index (χ0v) is 11.0. The van der Waals surface area contributed by atoms with Crippen LogP contribution in [0.1, 0.15) is 5.56 Å². The van der Waals surface area contributed by atoms with Crippen LogP contribution in [-0.4, -0.2) is 4.98 Å². The minimum atomic E-state index is -0.268. The molecular formula is C12H10Cl2FN3. The number of nitrogen functional groups attached to an aromatic ring is 1. The molecule has 0 aliphatic rings. The summed E-state index contributed by atoms with van der Waals surface area (Å²) in [4.78, 5) is 4.03. The molecule has 0 aliphatic heterocycles. The summed E-state index contributed by atoms with van der Waals surface area (Å²) in [5.74, 6) is 0.294. The van der Waals surface area contributed by atoms with E-state index in [0.717, 1.165) is 0 Å². The van der Waals surface area contributed by atoms with Gasteiger partial charge in [0.15, 0.2) is 5.82 Å². The fourth-order valence-corrected chi connectivity index (χ4v) is 1.83. The first-order valence-electron chi connectivity index (χ1n) is 5.12. The molecule has 0 saturated heterocycles. The van der Waals surface area contributed by atoms with Crippen LogP contribution >= 0.6 is 23.2 Å². The first-order valence-corrected chi connectivity index (χ1v) is 5.87. The minimum Gasteiger partial charge on any atom is -0.382 e. The third-order valence-corrected chi connectivity index (χ3v) is 2.97. The van der Waals surface area contributed by atoms with Crippen LogP contribution in [0.3, 0.4) is 0 Å². The van der Waals surface area contributed by atoms with Crippen LogP contribution in [0.15, 0.2) is 24.3 Å². The number of hydrogen-bond acceptors (Lipinski definition) is 3. The summed E-state index contributed by atoms with van der Waals surface area (Å²) in [5.41, 5.74) is 6.79. The monoisotopic (exact) mass is 285 g/mol. The molecule has 1 aromatic carbocycles. The fraction of sp³-hybridized carbons (Fsp3) is 0.0833. The summed E-state index contributed by atoms with van der Waals surface area (Å²) < 4.78 is 13.1. The van der Waals surface area contributed by atoms with Gasteiger partial charge in [0.2, 0.25) is 0 Å². The highest BCUT2D eigenvalue weighted by Crippen LogP contribution is 2.29. The normalized spacial score (nSPS) is 10.4. The molecule has 2 rings (SSSR count). The lowest BCUT2D eigenvalue weighted by atomic mass is 10.2. The lowest BCUT2D eigenvalue weighted by Crippen LogP contribution is -1.99. The van der Waals surface area contributed by atoms with E-state index in [1.165, 1.54) is 12.1 Å². The van der Waals surface area contributed by atoms with Crippen LogP contribution < -0.4 is 11.1 Å². The number of nitrogens with one attached hydrogen (secondary N) is 1. The van der Waals surface area contributed by atoms with E-state index in [9.17, 15) is 4.39 Å². The molecule has 6 heteroatoms. The maximum absolute atomic E-state index is 13.1. The molecule has 18 heavy (non-hydrogen) atoms. The number of benzene rings is 1. The Morgan fingerprint density at radius 2 is 1.94 bits per heavy atom. The Morgan fingerprint density at radius 3 is 2.61 bits per heavy atom. The number of halogens is 3. The largest absolute Gasteiger partial charge is 0.382 e. The second-order valence-corrected chi connectivity index (χ2v) is 4.59. The summed E-state index contributed by atoms with van der Waals surface area (Å²) in [7, 11) is 0. The highest BCUT2D eigenvalue weighted by molar-refractivity contribution is 6.37. The van der Waals surface area contributed by atoms with Crippen molar-refractivity contribution in [3.05, 3.63) is 45.7 Å². The van der Waals surface area contributed by atoms with Gasteiger partial charge in [-0.2, -0.15) is 0 Å². The van der Waals surface area contributed by atoms with Gasteiger partial charge in [-0.15, -0.1) is 0 Å². The van der Waals surface area contributed by atoms with Gasteiger partial charge < -0.3 is 11.1 Å². The maximum Gasteiger partial charge on any atom is 0.151 e. The molecule has 1 aromatic heterocycles. The predicted octanol–water partition coefficient (Wildman–Crippen LogP) is 4.16. The van der Waals surface area contributed by atoms with Gasteiger partial charge in [0.1, 0.15) is 11.6 Å². The van der Waals surface area contributed by atoms with E-state index in [1.54, 1.807) is 19.1 Å². The van der Waals surface area contributed by atoms with E-state index in [1.807, 2.05) is 0 Å². The molecule has 0 saturated carbocycles. The number of anilines is 3. The van der Waals surface area contributed by atoms with Crippen molar-refractivity contribution in [2.45, 2.75) is 6.92 Å². The lowest BCUT2D eigenvalue weighted by Gasteiger charge is -2.10. The average molecular weight is 286 g/mol. The Kier molecular flexibility index (Phi) is 3.59. The molecular weight excluding hydrogens is 276 g/mol. The molecule has 0 aliphatic carbocycles. The van der Waals surface area contributed by atoms with E-state index in [2.05, 4.69) is 10.3 Å². The lowest BCUT2D eigenvalue weighted by molar-refractivity contribution is 0.619. The van der Waals surface area contributed by atoms with Crippen LogP contribution in [-0.2, 0) is 0 Å². The van der Waals surface area contributed by atoms with Gasteiger partial charge in [-0.1, -0.05) is 23.2 Å². The summed E-state index contributed by atoms with van der Waals surface area (Å²) in [5, 5.41) is 3.60. The number of nitrogens with zero attached hydrogens (tertiary/aromatic N) is 1. The quantitative estimate of drug-likeness (QED) is 0.871. The standard InChI is InChI=1S/C12H10Cl2FN3/c1-6-4-7(2-3-10(6)15)17-12-9(14)5-8(13)11(16)18-12/h2-5H,1H3,(H3,16,17,18). The smallest absolute Gasteiger partial charge is 0.151 e. The van der Waals surface area contributed by atoms with Crippen molar-refractivity contribution in [1.29, 1.82) is 0 Å². The van der Waals surface area contributed by atoms with Crippen molar-refractivity contribution >= 4 is 40.5 Å². The van der Waals surface area contributed by atoms with E-state index in [-0.39, 0.29) is 11.6 Å². The number of nitrogens with two attached hydrogens (primary N) is 1. The van der Waals surface area contributed by atoms with Gasteiger partial charge in [0, 0.05) is 5.69 Å². The molecule has 1 heterocycles. The van der Waals surface area contributed by atoms with Crippen molar-refractivity contribution in [1.82, 2.24) is 4.98 Å². The summed E-state index contributed by atoms with van der Waals surface area (Å²) in [6.07, 6.45) is 0. The Bertz CT molecular complexity index is 602. The van der Waals surface area contributed by atoms with Gasteiger partial charge in [0.05, 0.1) is 10.0 Å². The van der Waals surface area contributed by atoms with Crippen LogP contribution in [0.5, 0.6) is 0 Å². The van der Waals surface area contributed by atoms with E-state index < -0.39 is 0 Å². The third kappa shape index (κ3) is 2.66. The highest BCUT2D eigenvalue weighted by Gasteiger charge is 2.08.